The zero-order chi connectivity index (χ0) is 26.4. The summed E-state index contributed by atoms with van der Waals surface area (Å²) in [5.41, 5.74) is 3.05. The Hall–Kier alpha value is -2.15. The van der Waals surface area contributed by atoms with Gasteiger partial charge in [-0.05, 0) is 70.8 Å². The minimum absolute atomic E-state index is 0.543. The summed E-state index contributed by atoms with van der Waals surface area (Å²) in [4.78, 5) is 0. The smallest absolute Gasteiger partial charge is 0.171 e. The summed E-state index contributed by atoms with van der Waals surface area (Å²) in [5.74, 6) is 0. The Kier molecular flexibility index (Phi) is 9.49. The van der Waals surface area contributed by atoms with E-state index in [2.05, 4.69) is 31.9 Å². The van der Waals surface area contributed by atoms with Crippen LogP contribution in [0.4, 0.5) is 0 Å². The van der Waals surface area contributed by atoms with Crippen LogP contribution in [0, 0.1) is 0 Å². The fraction of sp³-hybridized carbons (Fsp3) is 0.0667. The van der Waals surface area contributed by atoms with Crippen molar-refractivity contribution in [1.82, 2.24) is 0 Å². The predicted octanol–water partition coefficient (Wildman–Crippen LogP) is 10.1. The molecule has 0 amide bonds. The highest BCUT2D eigenvalue weighted by molar-refractivity contribution is 9.10. The molecular formula is C30H22Br2Cl2O2S. The highest BCUT2D eigenvalue weighted by atomic mass is 79.9. The summed E-state index contributed by atoms with van der Waals surface area (Å²) in [7, 11) is -3.83. The van der Waals surface area contributed by atoms with Gasteiger partial charge in [-0.2, -0.15) is 0 Å². The predicted molar refractivity (Wildman–Crippen MR) is 164 cm³/mol. The van der Waals surface area contributed by atoms with E-state index in [4.69, 9.17) is 23.2 Å². The lowest BCUT2D eigenvalue weighted by molar-refractivity contribution is 0.584. The van der Waals surface area contributed by atoms with Gasteiger partial charge in [0, 0.05) is 19.0 Å². The molecule has 7 heteroatoms. The van der Waals surface area contributed by atoms with Gasteiger partial charge in [0.1, 0.15) is 10.5 Å². The van der Waals surface area contributed by atoms with Crippen molar-refractivity contribution in [2.45, 2.75) is 10.5 Å². The van der Waals surface area contributed by atoms with Crippen LogP contribution in [0.5, 0.6) is 0 Å². The number of sulfone groups is 1. The molecule has 188 valence electrons. The van der Waals surface area contributed by atoms with E-state index < -0.39 is 20.3 Å². The number of rotatable bonds is 8. The SMILES string of the molecule is O=S(=O)(C(C=Cc1ccc(Br)cc1)c1ccc(Cl)cc1)C(C=Cc1ccc(Br)cc1)c1ccc(Cl)cc1. The second-order valence-electron chi connectivity index (χ2n) is 8.35. The molecule has 0 saturated heterocycles. The summed E-state index contributed by atoms with van der Waals surface area (Å²) < 4.78 is 30.6. The standard InChI is InChI=1S/C30H22Br2Cl2O2S/c31-25-11-1-21(2-12-25)5-19-29(23-7-15-27(33)16-8-23)37(35,36)30(24-9-17-28(34)18-10-24)20-6-22-3-13-26(32)14-4-22/h1-20,29-30H. The molecule has 2 atom stereocenters. The van der Waals surface area contributed by atoms with E-state index in [1.165, 1.54) is 0 Å². The molecule has 2 unspecified atom stereocenters. The van der Waals surface area contributed by atoms with Gasteiger partial charge in [0.15, 0.2) is 9.84 Å². The van der Waals surface area contributed by atoms with Crippen molar-refractivity contribution >= 4 is 77.1 Å². The highest BCUT2D eigenvalue weighted by Crippen LogP contribution is 2.38. The van der Waals surface area contributed by atoms with Gasteiger partial charge in [0.2, 0.25) is 0 Å². The van der Waals surface area contributed by atoms with Gasteiger partial charge in [-0.25, -0.2) is 8.42 Å². The van der Waals surface area contributed by atoms with E-state index in [0.717, 1.165) is 20.1 Å². The minimum Gasteiger partial charge on any atom is -0.227 e. The zero-order valence-corrected chi connectivity index (χ0v) is 24.9. The van der Waals surface area contributed by atoms with Crippen LogP contribution in [0.2, 0.25) is 10.0 Å². The summed E-state index contributed by atoms with van der Waals surface area (Å²) in [5, 5.41) is -0.741. The molecule has 0 aliphatic rings. The van der Waals surface area contributed by atoms with Crippen LogP contribution in [0.1, 0.15) is 32.8 Å². The molecule has 37 heavy (non-hydrogen) atoms. The third-order valence-corrected chi connectivity index (χ3v) is 9.61. The molecule has 4 aromatic carbocycles. The van der Waals surface area contributed by atoms with E-state index in [-0.39, 0.29) is 0 Å². The summed E-state index contributed by atoms with van der Waals surface area (Å²) in [6.45, 7) is 0. The molecule has 0 spiro atoms. The van der Waals surface area contributed by atoms with Crippen LogP contribution >= 0.6 is 55.1 Å². The Morgan fingerprint density at radius 3 is 1.19 bits per heavy atom. The van der Waals surface area contributed by atoms with E-state index in [0.29, 0.717) is 21.2 Å². The van der Waals surface area contributed by atoms with Gasteiger partial charge in [-0.1, -0.05) is 128 Å². The van der Waals surface area contributed by atoms with Crippen molar-refractivity contribution < 1.29 is 8.42 Å². The number of benzene rings is 4. The zero-order valence-electron chi connectivity index (χ0n) is 19.4. The van der Waals surface area contributed by atoms with Crippen molar-refractivity contribution in [3.8, 4) is 0 Å². The van der Waals surface area contributed by atoms with Crippen LogP contribution < -0.4 is 0 Å². The van der Waals surface area contributed by atoms with E-state index in [1.807, 2.05) is 60.7 Å². The van der Waals surface area contributed by atoms with Crippen LogP contribution in [0.3, 0.4) is 0 Å². The largest absolute Gasteiger partial charge is 0.227 e. The molecule has 0 saturated carbocycles. The summed E-state index contributed by atoms with van der Waals surface area (Å²) >= 11 is 19.1. The molecule has 4 rings (SSSR count). The van der Waals surface area contributed by atoms with E-state index in [1.54, 1.807) is 60.7 Å². The first-order valence-corrected chi connectivity index (χ1v) is 15.3. The second kappa shape index (κ2) is 12.6. The number of halogens is 4. The Bertz CT molecular complexity index is 1390. The summed E-state index contributed by atoms with van der Waals surface area (Å²) in [6, 6.07) is 29.3. The quantitative estimate of drug-likeness (QED) is 0.186. The van der Waals surface area contributed by atoms with Crippen molar-refractivity contribution in [1.29, 1.82) is 0 Å². The fourth-order valence-electron chi connectivity index (χ4n) is 3.83. The van der Waals surface area contributed by atoms with Crippen LogP contribution in [-0.2, 0) is 9.84 Å². The number of hydrogen-bond donors (Lipinski definition) is 0. The summed E-state index contributed by atoms with van der Waals surface area (Å²) in [6.07, 6.45) is 7.14. The third kappa shape index (κ3) is 7.46. The Labute approximate surface area is 244 Å². The van der Waals surface area contributed by atoms with Gasteiger partial charge in [0.25, 0.3) is 0 Å². The lowest BCUT2D eigenvalue weighted by atomic mass is 10.1. The fourth-order valence-corrected chi connectivity index (χ4v) is 6.59. The van der Waals surface area contributed by atoms with Crippen LogP contribution in [0.25, 0.3) is 12.2 Å². The molecule has 0 radical (unpaired) electrons. The molecule has 0 aliphatic heterocycles. The van der Waals surface area contributed by atoms with Crippen molar-refractivity contribution in [2.24, 2.45) is 0 Å². The maximum absolute atomic E-state index is 14.4. The molecular weight excluding hydrogens is 655 g/mol. The molecule has 4 aromatic rings. The van der Waals surface area contributed by atoms with Crippen LogP contribution in [-0.4, -0.2) is 8.42 Å². The van der Waals surface area contributed by atoms with Crippen molar-refractivity contribution in [3.05, 3.63) is 150 Å². The average Bonchev–Trinajstić information content (AvgIpc) is 2.88. The van der Waals surface area contributed by atoms with Crippen LogP contribution in [0.15, 0.2) is 118 Å². The van der Waals surface area contributed by atoms with Gasteiger partial charge in [0.05, 0.1) is 0 Å². The maximum atomic E-state index is 14.4. The van der Waals surface area contributed by atoms with Gasteiger partial charge < -0.3 is 0 Å². The molecule has 0 aromatic heterocycles. The Morgan fingerprint density at radius 1 is 0.541 bits per heavy atom. The maximum Gasteiger partial charge on any atom is 0.171 e. The molecule has 0 N–H and O–H groups in total. The normalized spacial score (nSPS) is 13.7. The minimum atomic E-state index is -3.83. The molecule has 2 nitrogen and oxygen atoms in total. The first-order valence-electron chi connectivity index (χ1n) is 11.3. The van der Waals surface area contributed by atoms with Crippen molar-refractivity contribution in [2.75, 3.05) is 0 Å². The van der Waals surface area contributed by atoms with E-state index in [9.17, 15) is 8.42 Å². The lowest BCUT2D eigenvalue weighted by Crippen LogP contribution is -2.19. The average molecular weight is 677 g/mol. The number of hydrogen-bond acceptors (Lipinski definition) is 2. The lowest BCUT2D eigenvalue weighted by Gasteiger charge is -2.22. The van der Waals surface area contributed by atoms with Gasteiger partial charge in [-0.15, -0.1) is 0 Å². The molecule has 0 heterocycles. The monoisotopic (exact) mass is 674 g/mol. The molecule has 0 bridgehead atoms. The Morgan fingerprint density at radius 2 is 0.865 bits per heavy atom. The highest BCUT2D eigenvalue weighted by Gasteiger charge is 2.33. The first kappa shape index (κ1) is 27.9. The Balaban J connectivity index is 1.81. The molecule has 0 aliphatic carbocycles. The van der Waals surface area contributed by atoms with Gasteiger partial charge >= 0.3 is 0 Å². The van der Waals surface area contributed by atoms with Crippen molar-refractivity contribution in [3.63, 3.8) is 0 Å². The van der Waals surface area contributed by atoms with E-state index >= 15 is 0 Å². The van der Waals surface area contributed by atoms with Gasteiger partial charge in [-0.3, -0.25) is 0 Å². The first-order chi connectivity index (χ1) is 17.7. The third-order valence-electron chi connectivity index (χ3n) is 5.77. The second-order valence-corrected chi connectivity index (χ2v) is 13.3. The topological polar surface area (TPSA) is 34.1 Å². The molecule has 0 fully saturated rings.